The first-order valence-electron chi connectivity index (χ1n) is 5.15. The number of nitrogens with zero attached hydrogens (tertiary/aromatic N) is 2. The molecule has 0 heterocycles. The van der Waals surface area contributed by atoms with Gasteiger partial charge in [0.2, 0.25) is 0 Å². The molecule has 0 atom stereocenters. The fourth-order valence-electron chi connectivity index (χ4n) is 1.29. The zero-order valence-corrected chi connectivity index (χ0v) is 9.80. The van der Waals surface area contributed by atoms with E-state index in [4.69, 9.17) is 16.7 Å². The quantitative estimate of drug-likeness (QED) is 0.809. The topological polar surface area (TPSA) is 45.0 Å². The van der Waals surface area contributed by atoms with Crippen LogP contribution in [0, 0.1) is 0 Å². The van der Waals surface area contributed by atoms with Gasteiger partial charge in [0, 0.05) is 5.02 Å². The lowest BCUT2D eigenvalue weighted by atomic mass is 10.2. The first-order chi connectivity index (χ1) is 8.28. The Labute approximate surface area is 104 Å². The van der Waals surface area contributed by atoms with Crippen molar-refractivity contribution in [3.63, 3.8) is 0 Å². The van der Waals surface area contributed by atoms with Gasteiger partial charge in [-0.1, -0.05) is 23.7 Å². The van der Waals surface area contributed by atoms with Gasteiger partial charge in [-0.2, -0.15) is 10.2 Å². The molecule has 2 aromatic rings. The average molecular weight is 247 g/mol. The second-order valence-corrected chi connectivity index (χ2v) is 3.94. The van der Waals surface area contributed by atoms with E-state index in [1.807, 2.05) is 24.3 Å². The van der Waals surface area contributed by atoms with Crippen molar-refractivity contribution in [1.82, 2.24) is 0 Å². The Bertz CT molecular complexity index is 506. The second-order valence-electron chi connectivity index (χ2n) is 3.50. The van der Waals surface area contributed by atoms with Crippen molar-refractivity contribution in [3.05, 3.63) is 59.1 Å². The van der Waals surface area contributed by atoms with Gasteiger partial charge in [-0.05, 0) is 42.0 Å². The first kappa shape index (κ1) is 11.8. The maximum atomic E-state index is 8.90. The van der Waals surface area contributed by atoms with E-state index in [0.29, 0.717) is 5.02 Å². The van der Waals surface area contributed by atoms with Gasteiger partial charge < -0.3 is 5.11 Å². The highest BCUT2D eigenvalue weighted by molar-refractivity contribution is 6.30. The highest BCUT2D eigenvalue weighted by atomic mass is 35.5. The SMILES string of the molecule is OCc1ccc(N=Nc2ccc(Cl)cc2)cc1. The number of hydrogen-bond acceptors (Lipinski definition) is 3. The molecule has 0 aromatic heterocycles. The Morgan fingerprint density at radius 3 is 1.76 bits per heavy atom. The molecule has 4 heteroatoms. The molecule has 86 valence electrons. The van der Waals surface area contributed by atoms with Crippen LogP contribution in [0.3, 0.4) is 0 Å². The third-order valence-corrected chi connectivity index (χ3v) is 2.48. The molecule has 1 N–H and O–H groups in total. The molecule has 0 saturated carbocycles. The molecule has 17 heavy (non-hydrogen) atoms. The molecule has 0 aliphatic heterocycles. The first-order valence-corrected chi connectivity index (χ1v) is 5.53. The van der Waals surface area contributed by atoms with Crippen molar-refractivity contribution in [3.8, 4) is 0 Å². The highest BCUT2D eigenvalue weighted by Crippen LogP contribution is 2.20. The lowest BCUT2D eigenvalue weighted by Gasteiger charge is -1.96. The Morgan fingerprint density at radius 1 is 0.824 bits per heavy atom. The molecule has 0 saturated heterocycles. The van der Waals surface area contributed by atoms with E-state index in [-0.39, 0.29) is 6.61 Å². The summed E-state index contributed by atoms with van der Waals surface area (Å²) in [6, 6.07) is 14.4. The molecule has 0 radical (unpaired) electrons. The minimum atomic E-state index is 0.0363. The maximum absolute atomic E-state index is 8.90. The Morgan fingerprint density at radius 2 is 1.29 bits per heavy atom. The van der Waals surface area contributed by atoms with Crippen molar-refractivity contribution in [2.45, 2.75) is 6.61 Å². The second kappa shape index (κ2) is 5.57. The van der Waals surface area contributed by atoms with Gasteiger partial charge >= 0.3 is 0 Å². The normalized spacial score (nSPS) is 10.9. The summed E-state index contributed by atoms with van der Waals surface area (Å²) in [6.45, 7) is 0.0363. The third-order valence-electron chi connectivity index (χ3n) is 2.23. The molecule has 0 aliphatic carbocycles. The van der Waals surface area contributed by atoms with Gasteiger partial charge in [0.1, 0.15) is 0 Å². The van der Waals surface area contributed by atoms with Gasteiger partial charge in [0.15, 0.2) is 0 Å². The molecular formula is C13H11ClN2O. The summed E-state index contributed by atoms with van der Waals surface area (Å²) in [5, 5.41) is 17.7. The number of rotatable bonds is 3. The fraction of sp³-hybridized carbons (Fsp3) is 0.0769. The van der Waals surface area contributed by atoms with Gasteiger partial charge in [0.25, 0.3) is 0 Å². The van der Waals surface area contributed by atoms with E-state index in [2.05, 4.69) is 10.2 Å². The maximum Gasteiger partial charge on any atom is 0.0858 e. The van der Waals surface area contributed by atoms with Crippen LogP contribution < -0.4 is 0 Å². The summed E-state index contributed by atoms with van der Waals surface area (Å²) >= 11 is 5.77. The van der Waals surface area contributed by atoms with Gasteiger partial charge in [-0.25, -0.2) is 0 Å². The predicted molar refractivity (Wildman–Crippen MR) is 68.0 cm³/mol. The summed E-state index contributed by atoms with van der Waals surface area (Å²) < 4.78 is 0. The molecule has 0 unspecified atom stereocenters. The Balaban J connectivity index is 2.11. The standard InChI is InChI=1S/C13H11ClN2O/c14-11-3-7-13(8-4-11)16-15-12-5-1-10(9-17)2-6-12/h1-8,17H,9H2. The van der Waals surface area contributed by atoms with Crippen LogP contribution in [0.4, 0.5) is 11.4 Å². The van der Waals surface area contributed by atoms with Crippen LogP contribution in [0.2, 0.25) is 5.02 Å². The lowest BCUT2D eigenvalue weighted by molar-refractivity contribution is 0.282. The molecule has 0 amide bonds. The minimum absolute atomic E-state index is 0.0363. The Hall–Kier alpha value is -1.71. The minimum Gasteiger partial charge on any atom is -0.392 e. The van der Waals surface area contributed by atoms with Crippen LogP contribution in [0.1, 0.15) is 5.56 Å². The van der Waals surface area contributed by atoms with E-state index >= 15 is 0 Å². The van der Waals surface area contributed by atoms with Crippen LogP contribution >= 0.6 is 11.6 Å². The number of halogens is 1. The summed E-state index contributed by atoms with van der Waals surface area (Å²) in [5.74, 6) is 0. The van der Waals surface area contributed by atoms with E-state index in [1.54, 1.807) is 24.3 Å². The van der Waals surface area contributed by atoms with E-state index in [1.165, 1.54) is 0 Å². The molecule has 0 spiro atoms. The van der Waals surface area contributed by atoms with Crippen molar-refractivity contribution >= 4 is 23.0 Å². The third kappa shape index (κ3) is 3.37. The number of benzene rings is 2. The number of aliphatic hydroxyl groups excluding tert-OH is 1. The van der Waals surface area contributed by atoms with Gasteiger partial charge in [-0.3, -0.25) is 0 Å². The number of aliphatic hydroxyl groups is 1. The van der Waals surface area contributed by atoms with Crippen molar-refractivity contribution in [1.29, 1.82) is 0 Å². The fourth-order valence-corrected chi connectivity index (χ4v) is 1.42. The summed E-state index contributed by atoms with van der Waals surface area (Å²) in [7, 11) is 0. The summed E-state index contributed by atoms with van der Waals surface area (Å²) in [4.78, 5) is 0. The monoisotopic (exact) mass is 246 g/mol. The van der Waals surface area contributed by atoms with Gasteiger partial charge in [0.05, 0.1) is 18.0 Å². The van der Waals surface area contributed by atoms with Crippen molar-refractivity contribution in [2.24, 2.45) is 10.2 Å². The smallest absolute Gasteiger partial charge is 0.0858 e. The largest absolute Gasteiger partial charge is 0.392 e. The zero-order valence-electron chi connectivity index (χ0n) is 9.05. The molecule has 0 bridgehead atoms. The summed E-state index contributed by atoms with van der Waals surface area (Å²) in [6.07, 6.45) is 0. The zero-order chi connectivity index (χ0) is 12.1. The molecule has 0 fully saturated rings. The highest BCUT2D eigenvalue weighted by Gasteiger charge is 1.93. The van der Waals surface area contributed by atoms with E-state index < -0.39 is 0 Å². The van der Waals surface area contributed by atoms with Crippen LogP contribution in [-0.2, 0) is 6.61 Å². The summed E-state index contributed by atoms with van der Waals surface area (Å²) in [5.41, 5.74) is 2.35. The van der Waals surface area contributed by atoms with E-state index in [0.717, 1.165) is 16.9 Å². The van der Waals surface area contributed by atoms with Crippen LogP contribution in [0.5, 0.6) is 0 Å². The molecule has 2 rings (SSSR count). The van der Waals surface area contributed by atoms with Crippen LogP contribution in [-0.4, -0.2) is 5.11 Å². The van der Waals surface area contributed by atoms with E-state index in [9.17, 15) is 0 Å². The van der Waals surface area contributed by atoms with Gasteiger partial charge in [-0.15, -0.1) is 0 Å². The number of hydrogen-bond donors (Lipinski definition) is 1. The van der Waals surface area contributed by atoms with Crippen LogP contribution in [0.15, 0.2) is 58.8 Å². The molecular weight excluding hydrogens is 236 g/mol. The van der Waals surface area contributed by atoms with Crippen LogP contribution in [0.25, 0.3) is 0 Å². The van der Waals surface area contributed by atoms with Crippen molar-refractivity contribution in [2.75, 3.05) is 0 Å². The molecule has 2 aromatic carbocycles. The lowest BCUT2D eigenvalue weighted by Crippen LogP contribution is -1.79. The van der Waals surface area contributed by atoms with Crippen molar-refractivity contribution < 1.29 is 5.11 Å². The number of azo groups is 1. The predicted octanol–water partition coefficient (Wildman–Crippen LogP) is 4.25. The molecule has 0 aliphatic rings. The average Bonchev–Trinajstić information content (AvgIpc) is 2.39. The molecule has 3 nitrogen and oxygen atoms in total. The Kier molecular flexibility index (Phi) is 3.85.